The van der Waals surface area contributed by atoms with E-state index in [-0.39, 0.29) is 12.1 Å². The van der Waals surface area contributed by atoms with E-state index in [1.807, 2.05) is 54.4 Å². The van der Waals surface area contributed by atoms with Gasteiger partial charge in [0, 0.05) is 32.4 Å². The van der Waals surface area contributed by atoms with Gasteiger partial charge in [-0.05, 0) is 30.3 Å². The third-order valence-corrected chi connectivity index (χ3v) is 6.11. The molecule has 2 aromatic heterocycles. The van der Waals surface area contributed by atoms with Gasteiger partial charge in [-0.15, -0.1) is 0 Å². The Morgan fingerprint density at radius 2 is 1.97 bits per heavy atom. The molecule has 1 N–H and O–H groups in total. The number of rotatable bonds is 5. The fourth-order valence-electron chi connectivity index (χ4n) is 3.29. The molecule has 1 aliphatic heterocycles. The molecular formula is C23H20N4O4S. The second-order valence-electron chi connectivity index (χ2n) is 7.13. The van der Waals surface area contributed by atoms with Crippen LogP contribution in [0.25, 0.3) is 10.2 Å². The van der Waals surface area contributed by atoms with Gasteiger partial charge in [0.25, 0.3) is 5.91 Å². The van der Waals surface area contributed by atoms with Gasteiger partial charge in [0.1, 0.15) is 23.8 Å². The summed E-state index contributed by atoms with van der Waals surface area (Å²) in [6, 6.07) is 16.6. The number of likely N-dealkylation sites (N-methyl/N-ethyl adjacent to an activating group) is 1. The smallest absolute Gasteiger partial charge is 0.269 e. The maximum atomic E-state index is 11.8. The number of anilines is 1. The number of carbonyl (C=O) groups is 1. The summed E-state index contributed by atoms with van der Waals surface area (Å²) in [5.74, 6) is 2.39. The van der Waals surface area contributed by atoms with Crippen LogP contribution in [0.15, 0.2) is 60.8 Å². The Labute approximate surface area is 188 Å². The molecule has 3 heterocycles. The van der Waals surface area contributed by atoms with Crippen molar-refractivity contribution >= 4 is 32.6 Å². The molecule has 1 atom stereocenters. The van der Waals surface area contributed by atoms with Gasteiger partial charge in [-0.1, -0.05) is 23.5 Å². The van der Waals surface area contributed by atoms with Crippen LogP contribution < -0.4 is 24.4 Å². The standard InChI is InChI=1S/C23H20N4O4S/c1-24-22(28)17-11-15(9-10-25-17)30-14-7-8-16-20(12-14)32-23(26-16)27(2)21-13-29-18-5-3-4-6-19(18)31-21/h3-12,21H,13H2,1-2H3,(H,24,28). The normalized spacial score (nSPS) is 14.8. The van der Waals surface area contributed by atoms with Gasteiger partial charge >= 0.3 is 0 Å². The van der Waals surface area contributed by atoms with Crippen LogP contribution >= 0.6 is 11.3 Å². The zero-order chi connectivity index (χ0) is 22.1. The van der Waals surface area contributed by atoms with Gasteiger partial charge in [0.05, 0.1) is 10.2 Å². The lowest BCUT2D eigenvalue weighted by Gasteiger charge is -2.32. The first-order valence-electron chi connectivity index (χ1n) is 9.98. The van der Waals surface area contributed by atoms with E-state index < -0.39 is 0 Å². The first kappa shape index (κ1) is 20.1. The maximum absolute atomic E-state index is 11.8. The van der Waals surface area contributed by atoms with Crippen molar-refractivity contribution in [3.05, 3.63) is 66.5 Å². The van der Waals surface area contributed by atoms with Crippen LogP contribution in [0.2, 0.25) is 0 Å². The Morgan fingerprint density at radius 1 is 1.16 bits per heavy atom. The van der Waals surface area contributed by atoms with Crippen LogP contribution in [0.1, 0.15) is 10.5 Å². The zero-order valence-corrected chi connectivity index (χ0v) is 18.3. The molecule has 0 bridgehead atoms. The predicted octanol–water partition coefficient (Wildman–Crippen LogP) is 4.08. The highest BCUT2D eigenvalue weighted by Gasteiger charge is 2.26. The molecule has 32 heavy (non-hydrogen) atoms. The average molecular weight is 449 g/mol. The number of carbonyl (C=O) groups excluding carboxylic acids is 1. The van der Waals surface area contributed by atoms with Crippen LogP contribution in [0.4, 0.5) is 5.13 Å². The molecule has 5 rings (SSSR count). The molecule has 1 unspecified atom stereocenters. The van der Waals surface area contributed by atoms with Crippen LogP contribution in [-0.4, -0.2) is 42.8 Å². The molecule has 0 spiro atoms. The molecule has 0 saturated heterocycles. The quantitative estimate of drug-likeness (QED) is 0.492. The molecule has 1 amide bonds. The van der Waals surface area contributed by atoms with Crippen molar-refractivity contribution in [2.45, 2.75) is 6.23 Å². The fraction of sp³-hybridized carbons (Fsp3) is 0.174. The number of nitrogens with zero attached hydrogens (tertiary/aromatic N) is 3. The number of fused-ring (bicyclic) bond motifs is 2. The van der Waals surface area contributed by atoms with E-state index in [2.05, 4.69) is 10.3 Å². The third-order valence-electron chi connectivity index (χ3n) is 5.00. The van der Waals surface area contributed by atoms with Gasteiger partial charge < -0.3 is 24.4 Å². The number of benzene rings is 2. The first-order chi connectivity index (χ1) is 15.6. The highest BCUT2D eigenvalue weighted by Crippen LogP contribution is 2.36. The number of nitrogens with one attached hydrogen (secondary N) is 1. The molecule has 2 aromatic carbocycles. The number of para-hydroxylation sites is 2. The number of amides is 1. The number of pyridine rings is 1. The number of aromatic nitrogens is 2. The van der Waals surface area contributed by atoms with E-state index in [9.17, 15) is 4.79 Å². The van der Waals surface area contributed by atoms with Crippen molar-refractivity contribution in [3.63, 3.8) is 0 Å². The summed E-state index contributed by atoms with van der Waals surface area (Å²) in [5.41, 5.74) is 1.16. The van der Waals surface area contributed by atoms with Gasteiger partial charge in [-0.25, -0.2) is 4.98 Å². The van der Waals surface area contributed by atoms with E-state index in [0.29, 0.717) is 23.8 Å². The SMILES string of the molecule is CNC(=O)c1cc(Oc2ccc3nc(N(C)C4COc5ccccc5O4)sc3c2)ccn1. The van der Waals surface area contributed by atoms with Crippen LogP contribution in [-0.2, 0) is 0 Å². The topological polar surface area (TPSA) is 85.8 Å². The molecular weight excluding hydrogens is 428 g/mol. The minimum Gasteiger partial charge on any atom is -0.484 e. The minimum atomic E-state index is -0.277. The Kier molecular flexibility index (Phi) is 5.24. The molecule has 4 aromatic rings. The Hall–Kier alpha value is -3.85. The maximum Gasteiger partial charge on any atom is 0.269 e. The summed E-state index contributed by atoms with van der Waals surface area (Å²) < 4.78 is 18.8. The molecule has 0 saturated carbocycles. The Morgan fingerprint density at radius 3 is 2.81 bits per heavy atom. The molecule has 0 radical (unpaired) electrons. The van der Waals surface area contributed by atoms with Crippen molar-refractivity contribution in [1.82, 2.24) is 15.3 Å². The molecule has 0 aliphatic carbocycles. The van der Waals surface area contributed by atoms with Crippen LogP contribution in [0.5, 0.6) is 23.0 Å². The van der Waals surface area contributed by atoms with Gasteiger partial charge in [0.15, 0.2) is 16.6 Å². The second-order valence-corrected chi connectivity index (χ2v) is 8.13. The van der Waals surface area contributed by atoms with Crippen molar-refractivity contribution in [2.75, 3.05) is 25.6 Å². The molecule has 162 valence electrons. The van der Waals surface area contributed by atoms with E-state index in [4.69, 9.17) is 19.2 Å². The summed E-state index contributed by atoms with van der Waals surface area (Å²) in [6.45, 7) is 0.410. The lowest BCUT2D eigenvalue weighted by molar-refractivity contribution is 0.0916. The van der Waals surface area contributed by atoms with Gasteiger partial charge in [-0.2, -0.15) is 0 Å². The monoisotopic (exact) mass is 448 g/mol. The Bertz CT molecular complexity index is 1290. The van der Waals surface area contributed by atoms with Crippen molar-refractivity contribution in [3.8, 4) is 23.0 Å². The summed E-state index contributed by atoms with van der Waals surface area (Å²) >= 11 is 1.54. The van der Waals surface area contributed by atoms with E-state index >= 15 is 0 Å². The lowest BCUT2D eigenvalue weighted by atomic mass is 10.3. The zero-order valence-electron chi connectivity index (χ0n) is 17.4. The number of hydrogen-bond acceptors (Lipinski definition) is 8. The number of ether oxygens (including phenoxy) is 3. The average Bonchev–Trinajstić information content (AvgIpc) is 3.26. The second kappa shape index (κ2) is 8.35. The van der Waals surface area contributed by atoms with Crippen LogP contribution in [0, 0.1) is 0 Å². The van der Waals surface area contributed by atoms with Gasteiger partial charge in [-0.3, -0.25) is 9.78 Å². The van der Waals surface area contributed by atoms with Crippen molar-refractivity contribution in [1.29, 1.82) is 0 Å². The van der Waals surface area contributed by atoms with Crippen molar-refractivity contribution in [2.24, 2.45) is 0 Å². The lowest BCUT2D eigenvalue weighted by Crippen LogP contribution is -2.43. The van der Waals surface area contributed by atoms with E-state index in [1.54, 1.807) is 25.4 Å². The first-order valence-corrected chi connectivity index (χ1v) is 10.8. The third kappa shape index (κ3) is 3.90. The van der Waals surface area contributed by atoms with Crippen molar-refractivity contribution < 1.29 is 19.0 Å². The number of thiazole rings is 1. The van der Waals surface area contributed by atoms with E-state index in [1.165, 1.54) is 11.3 Å². The summed E-state index contributed by atoms with van der Waals surface area (Å²) in [5, 5.41) is 3.37. The molecule has 9 heteroatoms. The van der Waals surface area contributed by atoms with Gasteiger partial charge in [0.2, 0.25) is 6.23 Å². The molecule has 1 aliphatic rings. The predicted molar refractivity (Wildman–Crippen MR) is 122 cm³/mol. The highest BCUT2D eigenvalue weighted by atomic mass is 32.1. The van der Waals surface area contributed by atoms with E-state index in [0.717, 1.165) is 26.8 Å². The van der Waals surface area contributed by atoms with Crippen LogP contribution in [0.3, 0.4) is 0 Å². The fourth-order valence-corrected chi connectivity index (χ4v) is 4.29. The molecule has 0 fully saturated rings. The number of hydrogen-bond donors (Lipinski definition) is 1. The Balaban J connectivity index is 1.35. The largest absolute Gasteiger partial charge is 0.484 e. The summed E-state index contributed by atoms with van der Waals surface area (Å²) in [7, 11) is 3.50. The summed E-state index contributed by atoms with van der Waals surface area (Å²) in [4.78, 5) is 22.6. The molecule has 8 nitrogen and oxygen atoms in total. The summed E-state index contributed by atoms with van der Waals surface area (Å²) in [6.07, 6.45) is 1.27. The highest BCUT2D eigenvalue weighted by molar-refractivity contribution is 7.22. The minimum absolute atomic E-state index is 0.266.